The lowest BCUT2D eigenvalue weighted by Gasteiger charge is -2.13. The minimum atomic E-state index is -0.982. The third-order valence-corrected chi connectivity index (χ3v) is 5.17. The second kappa shape index (κ2) is 8.90. The SMILES string of the molecule is Cc1cc(C(=O)O)ccc1-n1c(C)cc(/C=C(/C#N)C(=O)Nc2ccc(Cl)cc2)c1C. The van der Waals surface area contributed by atoms with Crippen LogP contribution in [0.1, 0.15) is 32.9 Å². The van der Waals surface area contributed by atoms with Crippen molar-refractivity contribution < 1.29 is 14.7 Å². The van der Waals surface area contributed by atoms with Crippen LogP contribution in [0.4, 0.5) is 5.69 Å². The number of aryl methyl sites for hydroxylation is 2. The molecule has 0 fully saturated rings. The monoisotopic (exact) mass is 433 g/mol. The second-order valence-electron chi connectivity index (χ2n) is 7.10. The van der Waals surface area contributed by atoms with Crippen molar-refractivity contribution in [3.63, 3.8) is 0 Å². The average Bonchev–Trinajstić information content (AvgIpc) is 3.00. The number of benzene rings is 2. The summed E-state index contributed by atoms with van der Waals surface area (Å²) < 4.78 is 1.97. The van der Waals surface area contributed by atoms with Crippen LogP contribution in [0.15, 0.2) is 54.1 Å². The Kier molecular flexibility index (Phi) is 6.28. The number of halogens is 1. The van der Waals surface area contributed by atoms with E-state index in [1.54, 1.807) is 48.5 Å². The van der Waals surface area contributed by atoms with E-state index in [4.69, 9.17) is 11.6 Å². The van der Waals surface area contributed by atoms with Gasteiger partial charge in [-0.3, -0.25) is 4.79 Å². The van der Waals surface area contributed by atoms with E-state index in [1.165, 1.54) is 0 Å². The van der Waals surface area contributed by atoms with Crippen molar-refractivity contribution in [1.29, 1.82) is 5.26 Å². The van der Waals surface area contributed by atoms with Gasteiger partial charge in [-0.05, 0) is 86.5 Å². The highest BCUT2D eigenvalue weighted by Crippen LogP contribution is 2.26. The van der Waals surface area contributed by atoms with Gasteiger partial charge in [0.15, 0.2) is 0 Å². The standard InChI is InChI=1S/C24H20ClN3O3/c1-14-10-17(24(30)31)4-9-22(14)28-15(2)11-18(16(28)3)12-19(13-26)23(29)27-21-7-5-20(25)6-8-21/h4-12H,1-3H3,(H,27,29)(H,30,31)/b19-12-. The summed E-state index contributed by atoms with van der Waals surface area (Å²) in [5.41, 5.74) is 4.81. The predicted molar refractivity (Wildman–Crippen MR) is 121 cm³/mol. The fourth-order valence-corrected chi connectivity index (χ4v) is 3.51. The van der Waals surface area contributed by atoms with Crippen molar-refractivity contribution in [3.05, 3.63) is 87.2 Å². The highest BCUT2D eigenvalue weighted by atomic mass is 35.5. The predicted octanol–water partition coefficient (Wildman–Crippen LogP) is 5.30. The number of aromatic carboxylic acids is 1. The summed E-state index contributed by atoms with van der Waals surface area (Å²) in [5.74, 6) is -1.50. The van der Waals surface area contributed by atoms with Crippen molar-refractivity contribution in [2.75, 3.05) is 5.32 Å². The maximum atomic E-state index is 12.6. The molecule has 1 aromatic heterocycles. The number of carbonyl (C=O) groups excluding carboxylic acids is 1. The van der Waals surface area contributed by atoms with E-state index in [0.29, 0.717) is 10.7 Å². The molecule has 1 heterocycles. The number of nitriles is 1. The highest BCUT2D eigenvalue weighted by molar-refractivity contribution is 6.30. The maximum Gasteiger partial charge on any atom is 0.335 e. The smallest absolute Gasteiger partial charge is 0.335 e. The molecule has 0 spiro atoms. The van der Waals surface area contributed by atoms with Gasteiger partial charge in [-0.2, -0.15) is 5.26 Å². The van der Waals surface area contributed by atoms with Gasteiger partial charge in [-0.25, -0.2) is 4.79 Å². The average molecular weight is 434 g/mol. The first-order valence-corrected chi connectivity index (χ1v) is 9.81. The number of aromatic nitrogens is 1. The Morgan fingerprint density at radius 3 is 2.35 bits per heavy atom. The minimum absolute atomic E-state index is 0.0341. The van der Waals surface area contributed by atoms with Crippen molar-refractivity contribution in [3.8, 4) is 11.8 Å². The van der Waals surface area contributed by atoms with Crippen LogP contribution in [0.3, 0.4) is 0 Å². The van der Waals surface area contributed by atoms with Gasteiger partial charge in [-0.1, -0.05) is 11.6 Å². The third-order valence-electron chi connectivity index (χ3n) is 4.92. The molecule has 0 saturated carbocycles. The number of anilines is 1. The van der Waals surface area contributed by atoms with Crippen molar-refractivity contribution in [2.24, 2.45) is 0 Å². The normalized spacial score (nSPS) is 11.1. The fourth-order valence-electron chi connectivity index (χ4n) is 3.38. The quantitative estimate of drug-likeness (QED) is 0.421. The molecule has 0 unspecified atom stereocenters. The van der Waals surface area contributed by atoms with Crippen LogP contribution in [0, 0.1) is 32.1 Å². The molecule has 0 saturated heterocycles. The molecule has 1 amide bonds. The Bertz CT molecular complexity index is 1250. The summed E-state index contributed by atoms with van der Waals surface area (Å²) in [6, 6.07) is 15.4. The summed E-state index contributed by atoms with van der Waals surface area (Å²) in [7, 11) is 0. The Labute approximate surface area is 185 Å². The van der Waals surface area contributed by atoms with Gasteiger partial charge in [0, 0.05) is 27.8 Å². The highest BCUT2D eigenvalue weighted by Gasteiger charge is 2.16. The lowest BCUT2D eigenvalue weighted by molar-refractivity contribution is -0.112. The number of rotatable bonds is 5. The van der Waals surface area contributed by atoms with Crippen LogP contribution in [-0.4, -0.2) is 21.6 Å². The van der Waals surface area contributed by atoms with Gasteiger partial charge >= 0.3 is 5.97 Å². The van der Waals surface area contributed by atoms with Gasteiger partial charge in [0.25, 0.3) is 5.91 Å². The molecule has 3 aromatic rings. The van der Waals surface area contributed by atoms with E-state index in [1.807, 2.05) is 37.5 Å². The number of carbonyl (C=O) groups is 2. The largest absolute Gasteiger partial charge is 0.478 e. The molecule has 2 aromatic carbocycles. The molecule has 0 radical (unpaired) electrons. The van der Waals surface area contributed by atoms with E-state index in [2.05, 4.69) is 5.32 Å². The van der Waals surface area contributed by atoms with E-state index in [0.717, 1.165) is 28.2 Å². The van der Waals surface area contributed by atoms with Gasteiger partial charge in [0.2, 0.25) is 0 Å². The van der Waals surface area contributed by atoms with Gasteiger partial charge in [0.05, 0.1) is 5.56 Å². The van der Waals surface area contributed by atoms with Crippen LogP contribution in [0.5, 0.6) is 0 Å². The Morgan fingerprint density at radius 1 is 1.10 bits per heavy atom. The third kappa shape index (κ3) is 4.68. The molecule has 0 bridgehead atoms. The van der Waals surface area contributed by atoms with Crippen LogP contribution in [-0.2, 0) is 4.79 Å². The fraction of sp³-hybridized carbons (Fsp3) is 0.125. The summed E-state index contributed by atoms with van der Waals surface area (Å²) in [5, 5.41) is 22.0. The Balaban J connectivity index is 1.95. The molecule has 0 aliphatic carbocycles. The maximum absolute atomic E-state index is 12.6. The lowest BCUT2D eigenvalue weighted by atomic mass is 10.1. The molecule has 156 valence electrons. The van der Waals surface area contributed by atoms with E-state index >= 15 is 0 Å². The molecular weight excluding hydrogens is 414 g/mol. The number of nitrogens with one attached hydrogen (secondary N) is 1. The summed E-state index contributed by atoms with van der Waals surface area (Å²) >= 11 is 5.86. The van der Waals surface area contributed by atoms with Gasteiger partial charge in [0.1, 0.15) is 11.6 Å². The summed E-state index contributed by atoms with van der Waals surface area (Å²) in [6.45, 7) is 5.64. The van der Waals surface area contributed by atoms with Crippen molar-refractivity contribution in [2.45, 2.75) is 20.8 Å². The number of hydrogen-bond acceptors (Lipinski definition) is 3. The Hall–Kier alpha value is -3.82. The molecule has 31 heavy (non-hydrogen) atoms. The molecule has 0 atom stereocenters. The minimum Gasteiger partial charge on any atom is -0.478 e. The molecule has 0 aliphatic heterocycles. The van der Waals surface area contributed by atoms with Crippen LogP contribution in [0.2, 0.25) is 5.02 Å². The van der Waals surface area contributed by atoms with Crippen LogP contribution in [0.25, 0.3) is 11.8 Å². The second-order valence-corrected chi connectivity index (χ2v) is 7.54. The first-order valence-electron chi connectivity index (χ1n) is 9.43. The van der Waals surface area contributed by atoms with Crippen molar-refractivity contribution >= 4 is 35.2 Å². The molecular formula is C24H20ClN3O3. The topological polar surface area (TPSA) is 95.1 Å². The van der Waals surface area contributed by atoms with Gasteiger partial charge < -0.3 is 15.0 Å². The summed E-state index contributed by atoms with van der Waals surface area (Å²) in [4.78, 5) is 23.8. The summed E-state index contributed by atoms with van der Waals surface area (Å²) in [6.07, 6.45) is 1.55. The van der Waals surface area contributed by atoms with E-state index < -0.39 is 11.9 Å². The molecule has 7 heteroatoms. The van der Waals surface area contributed by atoms with E-state index in [-0.39, 0.29) is 11.1 Å². The number of carboxylic acid groups (broad SMARTS) is 1. The van der Waals surface area contributed by atoms with E-state index in [9.17, 15) is 20.0 Å². The van der Waals surface area contributed by atoms with Crippen LogP contribution >= 0.6 is 11.6 Å². The van der Waals surface area contributed by atoms with Crippen molar-refractivity contribution in [1.82, 2.24) is 4.57 Å². The number of amides is 1. The number of hydrogen-bond donors (Lipinski definition) is 2. The Morgan fingerprint density at radius 2 is 1.77 bits per heavy atom. The first kappa shape index (κ1) is 21.9. The zero-order chi connectivity index (χ0) is 22.7. The van der Waals surface area contributed by atoms with Crippen LogP contribution < -0.4 is 5.32 Å². The van der Waals surface area contributed by atoms with Gasteiger partial charge in [-0.15, -0.1) is 0 Å². The molecule has 2 N–H and O–H groups in total. The molecule has 3 rings (SSSR count). The molecule has 6 nitrogen and oxygen atoms in total. The zero-order valence-electron chi connectivity index (χ0n) is 17.2. The lowest BCUT2D eigenvalue weighted by Crippen LogP contribution is -2.13. The number of nitrogens with zero attached hydrogens (tertiary/aromatic N) is 2. The number of carboxylic acids is 1. The first-order chi connectivity index (χ1) is 14.7. The molecule has 0 aliphatic rings. The zero-order valence-corrected chi connectivity index (χ0v) is 18.0.